The SMILES string of the molecule is CC(NC(=O)c1[nH]c2ccccc2c1Cl)C(O)(C(=O)O)c1ccccc1. The highest BCUT2D eigenvalue weighted by atomic mass is 35.5. The van der Waals surface area contributed by atoms with Gasteiger partial charge in [-0.3, -0.25) is 4.79 Å². The van der Waals surface area contributed by atoms with Crippen molar-refractivity contribution in [2.45, 2.75) is 18.6 Å². The van der Waals surface area contributed by atoms with Gasteiger partial charge in [0.2, 0.25) is 5.60 Å². The van der Waals surface area contributed by atoms with E-state index in [1.54, 1.807) is 42.5 Å². The number of halogens is 1. The minimum atomic E-state index is -2.28. The molecule has 4 N–H and O–H groups in total. The molecular formula is C19H17ClN2O4. The van der Waals surface area contributed by atoms with E-state index in [4.69, 9.17) is 11.6 Å². The number of benzene rings is 2. The van der Waals surface area contributed by atoms with Crippen LogP contribution in [-0.2, 0) is 10.4 Å². The van der Waals surface area contributed by atoms with Gasteiger partial charge in [0.15, 0.2) is 0 Å². The first-order valence-electron chi connectivity index (χ1n) is 7.94. The Kier molecular flexibility index (Phi) is 4.71. The molecule has 2 unspecified atom stereocenters. The molecule has 2 aromatic carbocycles. The van der Waals surface area contributed by atoms with E-state index in [-0.39, 0.29) is 16.3 Å². The van der Waals surface area contributed by atoms with Gasteiger partial charge in [-0.25, -0.2) is 4.79 Å². The molecule has 3 rings (SSSR count). The van der Waals surface area contributed by atoms with Crippen molar-refractivity contribution >= 4 is 34.4 Å². The number of hydrogen-bond donors (Lipinski definition) is 4. The van der Waals surface area contributed by atoms with Crippen molar-refractivity contribution in [1.82, 2.24) is 10.3 Å². The lowest BCUT2D eigenvalue weighted by atomic mass is 9.87. The molecule has 1 amide bonds. The van der Waals surface area contributed by atoms with E-state index in [0.717, 1.165) is 0 Å². The van der Waals surface area contributed by atoms with Crippen LogP contribution in [0, 0.1) is 0 Å². The molecule has 0 radical (unpaired) electrons. The number of carbonyl (C=O) groups is 2. The van der Waals surface area contributed by atoms with Gasteiger partial charge in [0.25, 0.3) is 5.91 Å². The summed E-state index contributed by atoms with van der Waals surface area (Å²) in [6.45, 7) is 1.43. The molecule has 0 spiro atoms. The minimum absolute atomic E-state index is 0.112. The number of rotatable bonds is 5. The maximum atomic E-state index is 12.6. The van der Waals surface area contributed by atoms with E-state index >= 15 is 0 Å². The second-order valence-corrected chi connectivity index (χ2v) is 6.37. The molecule has 6 nitrogen and oxygen atoms in total. The van der Waals surface area contributed by atoms with Crippen LogP contribution in [0.5, 0.6) is 0 Å². The molecular weight excluding hydrogens is 356 g/mol. The van der Waals surface area contributed by atoms with Crippen LogP contribution in [0.2, 0.25) is 5.02 Å². The van der Waals surface area contributed by atoms with Gasteiger partial charge in [-0.05, 0) is 18.6 Å². The lowest BCUT2D eigenvalue weighted by molar-refractivity contribution is -0.162. The fourth-order valence-corrected chi connectivity index (χ4v) is 3.19. The number of carboxylic acids is 1. The average Bonchev–Trinajstić information content (AvgIpc) is 2.98. The van der Waals surface area contributed by atoms with Gasteiger partial charge >= 0.3 is 5.97 Å². The van der Waals surface area contributed by atoms with Crippen LogP contribution in [0.4, 0.5) is 0 Å². The minimum Gasteiger partial charge on any atom is -0.479 e. The second-order valence-electron chi connectivity index (χ2n) is 5.99. The third kappa shape index (κ3) is 2.94. The lowest BCUT2D eigenvalue weighted by Crippen LogP contribution is -2.53. The van der Waals surface area contributed by atoms with Gasteiger partial charge in [-0.1, -0.05) is 60.1 Å². The Morgan fingerprint density at radius 2 is 1.73 bits per heavy atom. The number of aliphatic carboxylic acids is 1. The van der Waals surface area contributed by atoms with Gasteiger partial charge in [0.1, 0.15) is 5.69 Å². The monoisotopic (exact) mass is 372 g/mol. The number of para-hydroxylation sites is 1. The molecule has 0 aliphatic rings. The van der Waals surface area contributed by atoms with Gasteiger partial charge in [-0.2, -0.15) is 0 Å². The summed E-state index contributed by atoms with van der Waals surface area (Å²) in [7, 11) is 0. The largest absolute Gasteiger partial charge is 0.479 e. The third-order valence-corrected chi connectivity index (χ3v) is 4.78. The van der Waals surface area contributed by atoms with E-state index in [2.05, 4.69) is 10.3 Å². The molecule has 1 heterocycles. The molecule has 0 saturated carbocycles. The zero-order chi connectivity index (χ0) is 18.9. The Morgan fingerprint density at radius 1 is 1.12 bits per heavy atom. The number of carbonyl (C=O) groups excluding carboxylic acids is 1. The van der Waals surface area contributed by atoms with Crippen LogP contribution in [0.25, 0.3) is 10.9 Å². The molecule has 0 aliphatic heterocycles. The number of nitrogens with one attached hydrogen (secondary N) is 2. The summed E-state index contributed by atoms with van der Waals surface area (Å²) >= 11 is 6.26. The second kappa shape index (κ2) is 6.82. The van der Waals surface area contributed by atoms with Crippen molar-refractivity contribution in [3.8, 4) is 0 Å². The summed E-state index contributed by atoms with van der Waals surface area (Å²) in [6, 6.07) is 14.0. The van der Waals surface area contributed by atoms with Gasteiger partial charge in [0.05, 0.1) is 11.1 Å². The fraction of sp³-hybridized carbons (Fsp3) is 0.158. The molecule has 0 bridgehead atoms. The normalized spacial score (nSPS) is 14.6. The highest BCUT2D eigenvalue weighted by molar-refractivity contribution is 6.38. The smallest absolute Gasteiger partial charge is 0.342 e. The maximum absolute atomic E-state index is 12.6. The number of aromatic amines is 1. The first-order chi connectivity index (χ1) is 12.4. The van der Waals surface area contributed by atoms with Crippen LogP contribution >= 0.6 is 11.6 Å². The Labute approximate surface area is 154 Å². The Morgan fingerprint density at radius 3 is 2.35 bits per heavy atom. The first kappa shape index (κ1) is 18.0. The van der Waals surface area contributed by atoms with Crippen LogP contribution < -0.4 is 5.32 Å². The standard InChI is InChI=1S/C19H17ClN2O4/c1-11(19(26,18(24)25)12-7-3-2-4-8-12)21-17(23)16-15(20)13-9-5-6-10-14(13)22-16/h2-11,22,26H,1H3,(H,21,23)(H,24,25). The van der Waals surface area contributed by atoms with E-state index in [1.807, 2.05) is 0 Å². The first-order valence-corrected chi connectivity index (χ1v) is 8.32. The summed E-state index contributed by atoms with van der Waals surface area (Å²) in [6.07, 6.45) is 0. The molecule has 0 saturated heterocycles. The number of amides is 1. The molecule has 3 aromatic rings. The molecule has 7 heteroatoms. The molecule has 134 valence electrons. The molecule has 1 aromatic heterocycles. The van der Waals surface area contributed by atoms with Crippen LogP contribution in [0.1, 0.15) is 23.0 Å². The summed E-state index contributed by atoms with van der Waals surface area (Å²) in [4.78, 5) is 27.3. The zero-order valence-corrected chi connectivity index (χ0v) is 14.6. The number of aromatic nitrogens is 1. The molecule has 2 atom stereocenters. The van der Waals surface area contributed by atoms with Crippen molar-refractivity contribution in [1.29, 1.82) is 0 Å². The van der Waals surface area contributed by atoms with E-state index in [0.29, 0.717) is 10.9 Å². The molecule has 0 aliphatic carbocycles. The van der Waals surface area contributed by atoms with E-state index < -0.39 is 23.5 Å². The number of hydrogen-bond acceptors (Lipinski definition) is 3. The van der Waals surface area contributed by atoms with Crippen molar-refractivity contribution in [3.63, 3.8) is 0 Å². The quantitative estimate of drug-likeness (QED) is 0.553. The van der Waals surface area contributed by atoms with Gasteiger partial charge < -0.3 is 20.5 Å². The number of aliphatic hydroxyl groups is 1. The lowest BCUT2D eigenvalue weighted by Gasteiger charge is -2.30. The highest BCUT2D eigenvalue weighted by Crippen LogP contribution is 2.29. The number of carboxylic acid groups (broad SMARTS) is 1. The highest BCUT2D eigenvalue weighted by Gasteiger charge is 2.44. The zero-order valence-electron chi connectivity index (χ0n) is 13.9. The summed E-state index contributed by atoms with van der Waals surface area (Å²) in [5.74, 6) is -2.06. The number of H-pyrrole nitrogens is 1. The van der Waals surface area contributed by atoms with E-state index in [9.17, 15) is 19.8 Å². The summed E-state index contributed by atoms with van der Waals surface area (Å²) in [5.41, 5.74) is -1.31. The summed E-state index contributed by atoms with van der Waals surface area (Å²) < 4.78 is 0. The van der Waals surface area contributed by atoms with Crippen LogP contribution in [0.3, 0.4) is 0 Å². The van der Waals surface area contributed by atoms with Crippen LogP contribution in [-0.4, -0.2) is 33.1 Å². The van der Waals surface area contributed by atoms with Crippen LogP contribution in [0.15, 0.2) is 54.6 Å². The van der Waals surface area contributed by atoms with Crippen molar-refractivity contribution in [2.24, 2.45) is 0 Å². The average molecular weight is 373 g/mol. The maximum Gasteiger partial charge on any atom is 0.342 e. The number of fused-ring (bicyclic) bond motifs is 1. The van der Waals surface area contributed by atoms with Crippen molar-refractivity contribution < 1.29 is 19.8 Å². The molecule has 0 fully saturated rings. The predicted molar refractivity (Wildman–Crippen MR) is 98.2 cm³/mol. The predicted octanol–water partition coefficient (Wildman–Crippen LogP) is 2.91. The van der Waals surface area contributed by atoms with Gasteiger partial charge in [0, 0.05) is 10.9 Å². The van der Waals surface area contributed by atoms with E-state index in [1.165, 1.54) is 19.1 Å². The molecule has 26 heavy (non-hydrogen) atoms. The van der Waals surface area contributed by atoms with Crippen molar-refractivity contribution in [3.05, 3.63) is 70.9 Å². The topological polar surface area (TPSA) is 102 Å². The third-order valence-electron chi connectivity index (χ3n) is 4.38. The Balaban J connectivity index is 1.92. The Hall–Kier alpha value is -2.83. The summed E-state index contributed by atoms with van der Waals surface area (Å²) in [5, 5.41) is 23.8. The fourth-order valence-electron chi connectivity index (χ4n) is 2.89. The van der Waals surface area contributed by atoms with Gasteiger partial charge in [-0.15, -0.1) is 0 Å². The Bertz CT molecular complexity index is 970. The van der Waals surface area contributed by atoms with Crippen molar-refractivity contribution in [2.75, 3.05) is 0 Å².